The smallest absolute Gasteiger partial charge is 0.271 e. The van der Waals surface area contributed by atoms with Crippen LogP contribution in [0, 0.1) is 16.0 Å². The lowest BCUT2D eigenvalue weighted by molar-refractivity contribution is -0.384. The number of aryl methyl sites for hydroxylation is 1. The summed E-state index contributed by atoms with van der Waals surface area (Å²) >= 11 is 1.34. The van der Waals surface area contributed by atoms with Crippen molar-refractivity contribution in [1.29, 1.82) is 0 Å². The molecule has 0 atom stereocenters. The van der Waals surface area contributed by atoms with Gasteiger partial charge in [0.25, 0.3) is 5.69 Å². The fraction of sp³-hybridized carbons (Fsp3) is 0.550. The summed E-state index contributed by atoms with van der Waals surface area (Å²) in [6.45, 7) is 2.82. The van der Waals surface area contributed by atoms with Crippen molar-refractivity contribution in [3.63, 3.8) is 0 Å². The largest absolute Gasteiger partial charge is 0.325 e. The van der Waals surface area contributed by atoms with Gasteiger partial charge in [-0.2, -0.15) is 0 Å². The summed E-state index contributed by atoms with van der Waals surface area (Å²) in [5.74, 6) is 1.72. The number of thioether (sulfide) groups is 1. The van der Waals surface area contributed by atoms with Crippen molar-refractivity contribution >= 4 is 29.0 Å². The van der Waals surface area contributed by atoms with Crippen LogP contribution in [0.5, 0.6) is 0 Å². The zero-order valence-electron chi connectivity index (χ0n) is 16.7. The Morgan fingerprint density at radius 3 is 2.83 bits per heavy atom. The summed E-state index contributed by atoms with van der Waals surface area (Å²) in [5.41, 5.74) is 0.360. The van der Waals surface area contributed by atoms with E-state index in [0.717, 1.165) is 36.3 Å². The Labute approximate surface area is 174 Å². The first-order valence-corrected chi connectivity index (χ1v) is 11.1. The van der Waals surface area contributed by atoms with Gasteiger partial charge in [0.05, 0.1) is 10.7 Å². The Morgan fingerprint density at radius 1 is 1.31 bits per heavy atom. The number of carbonyl (C=O) groups is 1. The molecule has 1 aromatic heterocycles. The Balaban J connectivity index is 1.53. The van der Waals surface area contributed by atoms with Crippen molar-refractivity contribution < 1.29 is 9.72 Å². The van der Waals surface area contributed by atoms with Gasteiger partial charge >= 0.3 is 0 Å². The number of nitro groups is 1. The second-order valence-electron chi connectivity index (χ2n) is 7.33. The molecule has 2 aromatic rings. The Bertz CT molecular complexity index is 848. The van der Waals surface area contributed by atoms with E-state index in [9.17, 15) is 14.9 Å². The average Bonchev–Trinajstić information content (AvgIpc) is 3.13. The SMILES string of the molecule is CCn1c(CCC2CCCCC2)nnc1SCC(=O)Nc1cccc([N+](=O)[O-])c1. The third-order valence-electron chi connectivity index (χ3n) is 5.28. The van der Waals surface area contributed by atoms with E-state index in [4.69, 9.17) is 0 Å². The maximum absolute atomic E-state index is 12.2. The van der Waals surface area contributed by atoms with Crippen LogP contribution in [0.3, 0.4) is 0 Å². The van der Waals surface area contributed by atoms with Crippen molar-refractivity contribution in [2.45, 2.75) is 63.6 Å². The molecule has 1 fully saturated rings. The number of amides is 1. The van der Waals surface area contributed by atoms with Crippen LogP contribution in [-0.4, -0.2) is 31.3 Å². The first-order chi connectivity index (χ1) is 14.1. The van der Waals surface area contributed by atoms with Gasteiger partial charge in [-0.15, -0.1) is 10.2 Å². The quantitative estimate of drug-likeness (QED) is 0.367. The Morgan fingerprint density at radius 2 is 2.10 bits per heavy atom. The maximum Gasteiger partial charge on any atom is 0.271 e. The lowest BCUT2D eigenvalue weighted by Crippen LogP contribution is -2.15. The second-order valence-corrected chi connectivity index (χ2v) is 8.27. The van der Waals surface area contributed by atoms with E-state index in [0.29, 0.717) is 5.69 Å². The number of non-ortho nitro benzene ring substituents is 1. The van der Waals surface area contributed by atoms with Gasteiger partial charge in [-0.3, -0.25) is 14.9 Å². The minimum absolute atomic E-state index is 0.0520. The lowest BCUT2D eigenvalue weighted by atomic mass is 9.86. The summed E-state index contributed by atoms with van der Waals surface area (Å²) in [5, 5.41) is 22.9. The van der Waals surface area contributed by atoms with Gasteiger partial charge in [0.1, 0.15) is 5.82 Å². The highest BCUT2D eigenvalue weighted by atomic mass is 32.2. The number of hydrogen-bond acceptors (Lipinski definition) is 6. The monoisotopic (exact) mass is 417 g/mol. The van der Waals surface area contributed by atoms with E-state index in [1.807, 2.05) is 0 Å². The van der Waals surface area contributed by atoms with Gasteiger partial charge in [-0.05, 0) is 25.3 Å². The van der Waals surface area contributed by atoms with Crippen molar-refractivity contribution in [3.05, 3.63) is 40.2 Å². The molecule has 1 aliphatic rings. The molecule has 9 heteroatoms. The lowest BCUT2D eigenvalue weighted by Gasteiger charge is -2.21. The molecule has 0 unspecified atom stereocenters. The number of aromatic nitrogens is 3. The molecule has 29 heavy (non-hydrogen) atoms. The Kier molecular flexibility index (Phi) is 7.62. The van der Waals surface area contributed by atoms with E-state index >= 15 is 0 Å². The summed E-state index contributed by atoms with van der Waals surface area (Å²) in [6, 6.07) is 5.92. The molecule has 0 aliphatic heterocycles. The number of nitrogens with one attached hydrogen (secondary N) is 1. The minimum Gasteiger partial charge on any atom is -0.325 e. The first-order valence-electron chi connectivity index (χ1n) is 10.2. The van der Waals surface area contributed by atoms with Gasteiger partial charge in [0.2, 0.25) is 5.91 Å². The van der Waals surface area contributed by atoms with Crippen LogP contribution in [0.15, 0.2) is 29.4 Å². The van der Waals surface area contributed by atoms with Crippen molar-refractivity contribution in [3.8, 4) is 0 Å². The summed E-state index contributed by atoms with van der Waals surface area (Å²) in [4.78, 5) is 22.6. The molecule has 0 radical (unpaired) electrons. The van der Waals surface area contributed by atoms with Crippen LogP contribution in [0.4, 0.5) is 11.4 Å². The van der Waals surface area contributed by atoms with E-state index < -0.39 is 4.92 Å². The highest BCUT2D eigenvalue weighted by Gasteiger charge is 2.17. The minimum atomic E-state index is -0.483. The number of hydrogen-bond donors (Lipinski definition) is 1. The van der Waals surface area contributed by atoms with Gasteiger partial charge < -0.3 is 9.88 Å². The number of carbonyl (C=O) groups excluding carboxylic acids is 1. The molecular weight excluding hydrogens is 390 g/mol. The van der Waals surface area contributed by atoms with Gasteiger partial charge in [-0.1, -0.05) is 49.9 Å². The third-order valence-corrected chi connectivity index (χ3v) is 6.25. The topological polar surface area (TPSA) is 103 Å². The maximum atomic E-state index is 12.2. The van der Waals surface area contributed by atoms with Crippen LogP contribution >= 0.6 is 11.8 Å². The van der Waals surface area contributed by atoms with Crippen LogP contribution in [-0.2, 0) is 17.8 Å². The molecule has 1 amide bonds. The molecule has 1 saturated carbocycles. The average molecular weight is 418 g/mol. The predicted octanol–water partition coefficient (Wildman–Crippen LogP) is 4.45. The van der Waals surface area contributed by atoms with E-state index in [1.54, 1.807) is 12.1 Å². The fourth-order valence-corrected chi connectivity index (χ4v) is 4.58. The molecule has 1 heterocycles. The normalized spacial score (nSPS) is 14.7. The molecule has 1 N–H and O–H groups in total. The van der Waals surface area contributed by atoms with Crippen molar-refractivity contribution in [2.24, 2.45) is 5.92 Å². The van der Waals surface area contributed by atoms with Crippen LogP contribution in [0.25, 0.3) is 0 Å². The zero-order chi connectivity index (χ0) is 20.6. The molecule has 1 aliphatic carbocycles. The molecule has 0 spiro atoms. The molecule has 156 valence electrons. The summed E-state index contributed by atoms with van der Waals surface area (Å²) in [7, 11) is 0. The second kappa shape index (κ2) is 10.4. The summed E-state index contributed by atoms with van der Waals surface area (Å²) < 4.78 is 2.08. The Hall–Kier alpha value is -2.42. The number of benzene rings is 1. The van der Waals surface area contributed by atoms with Gasteiger partial charge in [0, 0.05) is 30.8 Å². The number of nitro benzene ring substituents is 1. The van der Waals surface area contributed by atoms with E-state index in [-0.39, 0.29) is 17.3 Å². The van der Waals surface area contributed by atoms with E-state index in [1.165, 1.54) is 56.0 Å². The molecule has 0 bridgehead atoms. The number of anilines is 1. The van der Waals surface area contributed by atoms with Crippen LogP contribution in [0.1, 0.15) is 51.3 Å². The highest BCUT2D eigenvalue weighted by molar-refractivity contribution is 7.99. The van der Waals surface area contributed by atoms with Crippen molar-refractivity contribution in [1.82, 2.24) is 14.8 Å². The molecule has 3 rings (SSSR count). The third kappa shape index (κ3) is 6.03. The van der Waals surface area contributed by atoms with Crippen LogP contribution in [0.2, 0.25) is 0 Å². The van der Waals surface area contributed by atoms with Gasteiger partial charge in [-0.25, -0.2) is 0 Å². The standard InChI is InChI=1S/C20H27N5O3S/c1-2-24-18(12-11-15-7-4-3-5-8-15)22-23-20(24)29-14-19(26)21-16-9-6-10-17(13-16)25(27)28/h6,9-10,13,15H,2-5,7-8,11-12,14H2,1H3,(H,21,26). The fourth-order valence-electron chi connectivity index (χ4n) is 3.76. The van der Waals surface area contributed by atoms with Crippen LogP contribution < -0.4 is 5.32 Å². The summed E-state index contributed by atoms with van der Waals surface area (Å²) in [6.07, 6.45) is 8.75. The predicted molar refractivity (Wildman–Crippen MR) is 113 cm³/mol. The molecule has 1 aromatic carbocycles. The van der Waals surface area contributed by atoms with Gasteiger partial charge in [0.15, 0.2) is 5.16 Å². The molecule has 8 nitrogen and oxygen atoms in total. The number of nitrogens with zero attached hydrogens (tertiary/aromatic N) is 4. The van der Waals surface area contributed by atoms with Crippen molar-refractivity contribution in [2.75, 3.05) is 11.1 Å². The molecular formula is C20H27N5O3S. The molecule has 0 saturated heterocycles. The number of rotatable bonds is 9. The zero-order valence-corrected chi connectivity index (χ0v) is 17.5. The first kappa shape index (κ1) is 21.3. The van der Waals surface area contributed by atoms with E-state index in [2.05, 4.69) is 27.0 Å². The highest BCUT2D eigenvalue weighted by Crippen LogP contribution is 2.28.